The highest BCUT2D eigenvalue weighted by Crippen LogP contribution is 2.20. The normalized spacial score (nSPS) is 15.1. The standard InChI is InChI=1S/C23H44N4O4.HI/c1-7-26(22(29)31-23(2,3)4)18-19-13-16-27(17-14-19)21(24-5)25-15-11-9-8-10-12-20(28)30-6;/h19H,7-18H2,1-6H3,(H,24,25);1H. The number of unbranched alkanes of at least 4 members (excludes halogenated alkanes) is 3. The fraction of sp³-hybridized carbons (Fsp3) is 0.870. The molecule has 1 heterocycles. The fourth-order valence-corrected chi connectivity index (χ4v) is 3.68. The topological polar surface area (TPSA) is 83.5 Å². The van der Waals surface area contributed by atoms with Gasteiger partial charge < -0.3 is 24.6 Å². The second kappa shape index (κ2) is 16.4. The molecule has 1 aliphatic rings. The van der Waals surface area contributed by atoms with E-state index in [0.717, 1.165) is 70.7 Å². The van der Waals surface area contributed by atoms with Gasteiger partial charge in [0.15, 0.2) is 5.96 Å². The van der Waals surface area contributed by atoms with Crippen LogP contribution >= 0.6 is 24.0 Å². The first-order chi connectivity index (χ1) is 14.7. The van der Waals surface area contributed by atoms with Crippen LogP contribution in [0.3, 0.4) is 0 Å². The van der Waals surface area contributed by atoms with Crippen molar-refractivity contribution in [1.82, 2.24) is 15.1 Å². The summed E-state index contributed by atoms with van der Waals surface area (Å²) in [6.07, 6.45) is 6.41. The smallest absolute Gasteiger partial charge is 0.410 e. The van der Waals surface area contributed by atoms with E-state index in [0.29, 0.717) is 18.9 Å². The van der Waals surface area contributed by atoms with Gasteiger partial charge in [0.05, 0.1) is 7.11 Å². The number of methoxy groups -OCH3 is 1. The van der Waals surface area contributed by atoms with E-state index in [-0.39, 0.29) is 36.0 Å². The first kappa shape index (κ1) is 30.7. The lowest BCUT2D eigenvalue weighted by molar-refractivity contribution is -0.140. The number of hydrogen-bond acceptors (Lipinski definition) is 5. The molecule has 188 valence electrons. The van der Waals surface area contributed by atoms with Gasteiger partial charge in [0, 0.05) is 46.2 Å². The van der Waals surface area contributed by atoms with Crippen molar-refractivity contribution in [2.75, 3.05) is 46.9 Å². The lowest BCUT2D eigenvalue weighted by atomic mass is 9.96. The number of amides is 1. The van der Waals surface area contributed by atoms with Crippen LogP contribution in [0.5, 0.6) is 0 Å². The van der Waals surface area contributed by atoms with Crippen LogP contribution in [0.25, 0.3) is 0 Å². The van der Waals surface area contributed by atoms with E-state index in [2.05, 4.69) is 19.9 Å². The van der Waals surface area contributed by atoms with Gasteiger partial charge >= 0.3 is 12.1 Å². The summed E-state index contributed by atoms with van der Waals surface area (Å²) in [4.78, 5) is 32.1. The van der Waals surface area contributed by atoms with E-state index >= 15 is 0 Å². The molecule has 1 amide bonds. The SMILES string of the molecule is CCN(CC1CCN(C(=NC)NCCCCCCC(=O)OC)CC1)C(=O)OC(C)(C)C.I. The number of esters is 1. The van der Waals surface area contributed by atoms with Crippen molar-refractivity contribution in [1.29, 1.82) is 0 Å². The minimum Gasteiger partial charge on any atom is -0.469 e. The Morgan fingerprint density at radius 2 is 1.75 bits per heavy atom. The Labute approximate surface area is 211 Å². The number of likely N-dealkylation sites (tertiary alicyclic amines) is 1. The second-order valence-electron chi connectivity index (χ2n) is 9.16. The zero-order valence-electron chi connectivity index (χ0n) is 20.9. The molecule has 1 aliphatic heterocycles. The summed E-state index contributed by atoms with van der Waals surface area (Å²) >= 11 is 0. The van der Waals surface area contributed by atoms with Crippen molar-refractivity contribution in [3.8, 4) is 0 Å². The molecule has 32 heavy (non-hydrogen) atoms. The van der Waals surface area contributed by atoms with Crippen LogP contribution in [0.15, 0.2) is 4.99 Å². The molecule has 0 saturated carbocycles. The van der Waals surface area contributed by atoms with Crippen molar-refractivity contribution in [3.05, 3.63) is 0 Å². The van der Waals surface area contributed by atoms with Crippen LogP contribution in [-0.4, -0.2) is 80.3 Å². The summed E-state index contributed by atoms with van der Waals surface area (Å²) in [6.45, 7) is 11.9. The zero-order chi connectivity index (χ0) is 23.3. The molecule has 8 nitrogen and oxygen atoms in total. The lowest BCUT2D eigenvalue weighted by Gasteiger charge is -2.36. The van der Waals surface area contributed by atoms with Crippen LogP contribution in [0.4, 0.5) is 4.79 Å². The van der Waals surface area contributed by atoms with Gasteiger partial charge in [-0.05, 0) is 59.3 Å². The van der Waals surface area contributed by atoms with E-state index in [1.54, 1.807) is 0 Å². The molecule has 0 aromatic heterocycles. The van der Waals surface area contributed by atoms with Crippen molar-refractivity contribution < 1.29 is 19.1 Å². The first-order valence-corrected chi connectivity index (χ1v) is 11.7. The van der Waals surface area contributed by atoms with Crippen LogP contribution in [0.1, 0.15) is 72.6 Å². The molecule has 0 aliphatic carbocycles. The number of hydrogen-bond donors (Lipinski definition) is 1. The lowest BCUT2D eigenvalue weighted by Crippen LogP contribution is -2.48. The summed E-state index contributed by atoms with van der Waals surface area (Å²) in [5.74, 6) is 1.30. The number of halogens is 1. The van der Waals surface area contributed by atoms with E-state index in [9.17, 15) is 9.59 Å². The van der Waals surface area contributed by atoms with Gasteiger partial charge in [-0.1, -0.05) is 12.8 Å². The number of nitrogens with zero attached hydrogens (tertiary/aromatic N) is 3. The van der Waals surface area contributed by atoms with Gasteiger partial charge in [0.25, 0.3) is 0 Å². The summed E-state index contributed by atoms with van der Waals surface area (Å²) < 4.78 is 10.2. The van der Waals surface area contributed by atoms with Crippen LogP contribution in [0.2, 0.25) is 0 Å². The van der Waals surface area contributed by atoms with Gasteiger partial charge in [-0.3, -0.25) is 9.79 Å². The summed E-state index contributed by atoms with van der Waals surface area (Å²) in [5.41, 5.74) is -0.465. The Hall–Kier alpha value is -1.26. The Kier molecular flexibility index (Phi) is 15.7. The number of guanidine groups is 1. The number of carbonyl (C=O) groups is 2. The molecule has 0 atom stereocenters. The number of carbonyl (C=O) groups excluding carboxylic acids is 2. The molecule has 0 unspecified atom stereocenters. The number of aliphatic imine (C=N–C) groups is 1. The van der Waals surface area contributed by atoms with E-state index < -0.39 is 5.60 Å². The molecular formula is C23H45IN4O4. The van der Waals surface area contributed by atoms with Gasteiger partial charge in [-0.25, -0.2) is 4.79 Å². The van der Waals surface area contributed by atoms with Crippen molar-refractivity contribution in [2.24, 2.45) is 10.9 Å². The zero-order valence-corrected chi connectivity index (χ0v) is 23.3. The van der Waals surface area contributed by atoms with Crippen LogP contribution in [0, 0.1) is 5.92 Å². The van der Waals surface area contributed by atoms with Gasteiger partial charge in [0.2, 0.25) is 0 Å². The molecule has 0 aromatic carbocycles. The Morgan fingerprint density at radius 3 is 2.28 bits per heavy atom. The van der Waals surface area contributed by atoms with Crippen molar-refractivity contribution >= 4 is 42.0 Å². The number of rotatable bonds is 10. The highest BCUT2D eigenvalue weighted by Gasteiger charge is 2.27. The quantitative estimate of drug-likeness (QED) is 0.139. The molecule has 0 aromatic rings. The average Bonchev–Trinajstić information content (AvgIpc) is 2.73. The van der Waals surface area contributed by atoms with E-state index in [4.69, 9.17) is 4.74 Å². The third kappa shape index (κ3) is 12.7. The second-order valence-corrected chi connectivity index (χ2v) is 9.16. The predicted octanol–water partition coefficient (Wildman–Crippen LogP) is 4.27. The maximum Gasteiger partial charge on any atom is 0.410 e. The molecular weight excluding hydrogens is 523 g/mol. The molecule has 1 fully saturated rings. The third-order valence-electron chi connectivity index (χ3n) is 5.46. The summed E-state index contributed by atoms with van der Waals surface area (Å²) in [7, 11) is 3.26. The highest BCUT2D eigenvalue weighted by molar-refractivity contribution is 14.0. The average molecular weight is 569 g/mol. The molecule has 1 N–H and O–H groups in total. The predicted molar refractivity (Wildman–Crippen MR) is 140 cm³/mol. The molecule has 1 rings (SSSR count). The Bertz CT molecular complexity index is 573. The Morgan fingerprint density at radius 1 is 1.12 bits per heavy atom. The first-order valence-electron chi connectivity index (χ1n) is 11.7. The number of ether oxygens (including phenoxy) is 2. The minimum absolute atomic E-state index is 0. The van der Waals surface area contributed by atoms with Crippen LogP contribution in [-0.2, 0) is 14.3 Å². The molecule has 0 bridgehead atoms. The van der Waals surface area contributed by atoms with Gasteiger partial charge in [0.1, 0.15) is 5.60 Å². The van der Waals surface area contributed by atoms with Crippen LogP contribution < -0.4 is 5.32 Å². The molecule has 0 radical (unpaired) electrons. The molecule has 9 heteroatoms. The van der Waals surface area contributed by atoms with Crippen molar-refractivity contribution in [3.63, 3.8) is 0 Å². The highest BCUT2D eigenvalue weighted by atomic mass is 127. The third-order valence-corrected chi connectivity index (χ3v) is 5.46. The largest absolute Gasteiger partial charge is 0.469 e. The molecule has 0 spiro atoms. The number of nitrogens with one attached hydrogen (secondary N) is 1. The van der Waals surface area contributed by atoms with E-state index in [1.165, 1.54) is 7.11 Å². The Balaban J connectivity index is 0.00000961. The van der Waals surface area contributed by atoms with Gasteiger partial charge in [-0.15, -0.1) is 24.0 Å². The minimum atomic E-state index is -0.465. The van der Waals surface area contributed by atoms with Gasteiger partial charge in [-0.2, -0.15) is 0 Å². The maximum absolute atomic E-state index is 12.4. The number of piperidine rings is 1. The monoisotopic (exact) mass is 568 g/mol. The summed E-state index contributed by atoms with van der Waals surface area (Å²) in [6, 6.07) is 0. The fourth-order valence-electron chi connectivity index (χ4n) is 3.68. The van der Waals surface area contributed by atoms with Crippen molar-refractivity contribution in [2.45, 2.75) is 78.2 Å². The molecule has 1 saturated heterocycles. The maximum atomic E-state index is 12.4. The summed E-state index contributed by atoms with van der Waals surface area (Å²) in [5, 5.41) is 3.46. The van der Waals surface area contributed by atoms with E-state index in [1.807, 2.05) is 39.6 Å².